The number of hydrogen-bond donors (Lipinski definition) is 2. The molecule has 180 valence electrons. The summed E-state index contributed by atoms with van der Waals surface area (Å²) in [6, 6.07) is 14.7. The number of nitrogens with one attached hydrogen (secondary N) is 2. The molecule has 7 heteroatoms. The van der Waals surface area contributed by atoms with E-state index < -0.39 is 0 Å². The number of benzene rings is 1. The Kier molecular flexibility index (Phi) is 6.60. The summed E-state index contributed by atoms with van der Waals surface area (Å²) < 4.78 is 6.17. The van der Waals surface area contributed by atoms with Gasteiger partial charge >= 0.3 is 0 Å². The third-order valence-corrected chi connectivity index (χ3v) is 8.43. The quantitative estimate of drug-likeness (QED) is 0.522. The first-order valence-corrected chi connectivity index (χ1v) is 13.1. The van der Waals surface area contributed by atoms with Gasteiger partial charge in [-0.15, -0.1) is 11.3 Å². The minimum absolute atomic E-state index is 0.0546. The fourth-order valence-electron chi connectivity index (χ4n) is 5.83. The zero-order valence-corrected chi connectivity index (χ0v) is 21.0. The molecular weight excluding hydrogens is 444 g/mol. The van der Waals surface area contributed by atoms with Gasteiger partial charge in [0.15, 0.2) is 0 Å². The lowest BCUT2D eigenvalue weighted by Gasteiger charge is -2.44. The van der Waals surface area contributed by atoms with Gasteiger partial charge in [-0.25, -0.2) is 0 Å². The van der Waals surface area contributed by atoms with Gasteiger partial charge in [0.1, 0.15) is 0 Å². The highest BCUT2D eigenvalue weighted by molar-refractivity contribution is 7.10. The van der Waals surface area contributed by atoms with E-state index in [2.05, 4.69) is 64.6 Å². The van der Waals surface area contributed by atoms with Crippen LogP contribution in [0.4, 0.5) is 0 Å². The Morgan fingerprint density at radius 1 is 1.26 bits per heavy atom. The molecule has 2 atom stereocenters. The van der Waals surface area contributed by atoms with Crippen molar-refractivity contribution < 1.29 is 9.53 Å². The summed E-state index contributed by atoms with van der Waals surface area (Å²) in [4.78, 5) is 16.5. The number of ether oxygens (including phenoxy) is 1. The fraction of sp³-hybridized carbons (Fsp3) is 0.481. The maximum Gasteiger partial charge on any atom is 0.225 e. The van der Waals surface area contributed by atoms with Gasteiger partial charge < -0.3 is 10.1 Å². The molecule has 0 bridgehead atoms. The minimum atomic E-state index is -0.124. The first-order chi connectivity index (χ1) is 16.5. The van der Waals surface area contributed by atoms with Crippen molar-refractivity contribution in [3.63, 3.8) is 0 Å². The topological polar surface area (TPSA) is 70.2 Å². The van der Waals surface area contributed by atoms with Crippen LogP contribution in [0.5, 0.6) is 0 Å². The van der Waals surface area contributed by atoms with Crippen LogP contribution in [0.2, 0.25) is 0 Å². The SMILES string of the molecule is CO[C@H]1[C@H](NC(=O)Cc2cccs2)c2ccccc2C12CCN(Cc1cc(C(C)C)n[nH]1)CC2. The molecule has 1 fully saturated rings. The molecule has 3 heterocycles. The molecule has 0 unspecified atom stereocenters. The number of likely N-dealkylation sites (tertiary alicyclic amines) is 1. The summed E-state index contributed by atoms with van der Waals surface area (Å²) in [6.07, 6.45) is 2.35. The number of hydrogen-bond acceptors (Lipinski definition) is 5. The first kappa shape index (κ1) is 23.3. The zero-order chi connectivity index (χ0) is 23.7. The first-order valence-electron chi connectivity index (χ1n) is 12.2. The molecular formula is C27H34N4O2S. The van der Waals surface area contributed by atoms with Crippen molar-refractivity contribution in [3.05, 3.63) is 75.2 Å². The second kappa shape index (κ2) is 9.64. The zero-order valence-electron chi connectivity index (χ0n) is 20.2. The second-order valence-electron chi connectivity index (χ2n) is 9.95. The number of thiophene rings is 1. The van der Waals surface area contributed by atoms with Crippen LogP contribution in [0.25, 0.3) is 0 Å². The molecule has 0 saturated carbocycles. The predicted molar refractivity (Wildman–Crippen MR) is 135 cm³/mol. The average molecular weight is 479 g/mol. The Balaban J connectivity index is 1.32. The summed E-state index contributed by atoms with van der Waals surface area (Å²) in [6.45, 7) is 7.20. The summed E-state index contributed by atoms with van der Waals surface area (Å²) >= 11 is 1.62. The number of fused-ring (bicyclic) bond motifs is 2. The summed E-state index contributed by atoms with van der Waals surface area (Å²) in [7, 11) is 1.79. The van der Waals surface area contributed by atoms with E-state index in [1.165, 1.54) is 16.8 Å². The smallest absolute Gasteiger partial charge is 0.225 e. The van der Waals surface area contributed by atoms with Gasteiger partial charge in [0.25, 0.3) is 0 Å². The summed E-state index contributed by atoms with van der Waals surface area (Å²) in [5.74, 6) is 0.484. The molecule has 2 aliphatic rings. The molecule has 2 aromatic heterocycles. The maximum atomic E-state index is 12.9. The maximum absolute atomic E-state index is 12.9. The number of carbonyl (C=O) groups is 1. The van der Waals surface area contributed by atoms with Crippen LogP contribution in [-0.4, -0.2) is 47.3 Å². The van der Waals surface area contributed by atoms with Crippen molar-refractivity contribution in [1.82, 2.24) is 20.4 Å². The Morgan fingerprint density at radius 2 is 2.06 bits per heavy atom. The van der Waals surface area contributed by atoms with Crippen molar-refractivity contribution in [2.24, 2.45) is 0 Å². The number of methoxy groups -OCH3 is 1. The molecule has 1 spiro atoms. The number of rotatable bonds is 7. The lowest BCUT2D eigenvalue weighted by molar-refractivity contribution is -0.122. The number of piperidine rings is 1. The molecule has 3 aromatic rings. The highest BCUT2D eigenvalue weighted by Crippen LogP contribution is 2.52. The molecule has 1 aliphatic heterocycles. The number of aromatic nitrogens is 2. The minimum Gasteiger partial charge on any atom is -0.378 e. The van der Waals surface area contributed by atoms with Gasteiger partial charge in [-0.05, 0) is 60.5 Å². The number of carbonyl (C=O) groups excluding carboxylic acids is 1. The van der Waals surface area contributed by atoms with Crippen molar-refractivity contribution in [2.75, 3.05) is 20.2 Å². The monoisotopic (exact) mass is 478 g/mol. The van der Waals surface area contributed by atoms with E-state index in [-0.39, 0.29) is 23.5 Å². The molecule has 0 radical (unpaired) electrons. The van der Waals surface area contributed by atoms with Gasteiger partial charge in [-0.3, -0.25) is 14.8 Å². The van der Waals surface area contributed by atoms with Gasteiger partial charge in [-0.1, -0.05) is 44.2 Å². The van der Waals surface area contributed by atoms with Gasteiger partial charge in [-0.2, -0.15) is 5.10 Å². The highest BCUT2D eigenvalue weighted by atomic mass is 32.1. The van der Waals surface area contributed by atoms with Crippen LogP contribution in [0.3, 0.4) is 0 Å². The van der Waals surface area contributed by atoms with Crippen molar-refractivity contribution in [1.29, 1.82) is 0 Å². The molecule has 34 heavy (non-hydrogen) atoms. The Morgan fingerprint density at radius 3 is 2.74 bits per heavy atom. The number of nitrogens with zero attached hydrogens (tertiary/aromatic N) is 2. The van der Waals surface area contributed by atoms with Crippen molar-refractivity contribution in [3.8, 4) is 0 Å². The average Bonchev–Trinajstić information content (AvgIpc) is 3.56. The summed E-state index contributed by atoms with van der Waals surface area (Å²) in [5.41, 5.74) is 4.76. The van der Waals surface area contributed by atoms with E-state index in [0.29, 0.717) is 12.3 Å². The molecule has 6 nitrogen and oxygen atoms in total. The van der Waals surface area contributed by atoms with Crippen LogP contribution < -0.4 is 5.32 Å². The molecule has 2 N–H and O–H groups in total. The van der Waals surface area contributed by atoms with E-state index in [1.54, 1.807) is 18.4 Å². The largest absolute Gasteiger partial charge is 0.378 e. The van der Waals surface area contributed by atoms with Crippen molar-refractivity contribution in [2.45, 2.75) is 63.1 Å². The Hall–Kier alpha value is -2.48. The van der Waals surface area contributed by atoms with Crippen molar-refractivity contribution >= 4 is 17.2 Å². The number of aromatic amines is 1. The van der Waals surface area contributed by atoms with E-state index in [0.717, 1.165) is 43.0 Å². The Labute approximate surface area is 205 Å². The highest BCUT2D eigenvalue weighted by Gasteiger charge is 2.53. The van der Waals surface area contributed by atoms with Gasteiger partial charge in [0.2, 0.25) is 5.91 Å². The second-order valence-corrected chi connectivity index (χ2v) is 11.0. The standard InChI is InChI=1S/C27H34N4O2S/c1-18(2)23-15-19(29-30-23)17-31-12-10-27(11-13-31)22-9-5-4-8-21(22)25(26(27)33-3)28-24(32)16-20-7-6-14-34-20/h4-9,14-15,18,25-26H,10-13,16-17H2,1-3H3,(H,28,32)(H,29,30)/t25-,26+/m1/s1. The number of H-pyrrole nitrogens is 1. The van der Waals surface area contributed by atoms with Crippen LogP contribution >= 0.6 is 11.3 Å². The Bertz CT molecular complexity index is 1120. The fourth-order valence-corrected chi connectivity index (χ4v) is 6.53. The van der Waals surface area contributed by atoms with Crippen LogP contribution in [0.1, 0.15) is 66.0 Å². The molecule has 1 amide bonds. The molecule has 5 rings (SSSR count). The lowest BCUT2D eigenvalue weighted by atomic mass is 9.72. The van der Waals surface area contributed by atoms with Gasteiger partial charge in [0, 0.05) is 29.6 Å². The van der Waals surface area contributed by atoms with E-state index in [4.69, 9.17) is 4.74 Å². The van der Waals surface area contributed by atoms with E-state index in [9.17, 15) is 4.79 Å². The predicted octanol–water partition coefficient (Wildman–Crippen LogP) is 4.56. The molecule has 1 saturated heterocycles. The third-order valence-electron chi connectivity index (χ3n) is 7.55. The summed E-state index contributed by atoms with van der Waals surface area (Å²) in [5, 5.41) is 13.0. The van der Waals surface area contributed by atoms with Gasteiger partial charge in [0.05, 0.1) is 24.3 Å². The number of amides is 1. The van der Waals surface area contributed by atoms with Crippen LogP contribution in [0, 0.1) is 0 Å². The van der Waals surface area contributed by atoms with Crippen LogP contribution in [0.15, 0.2) is 47.8 Å². The molecule has 1 aliphatic carbocycles. The molecule has 1 aromatic carbocycles. The normalized spacial score (nSPS) is 21.8. The third kappa shape index (κ3) is 4.32. The van der Waals surface area contributed by atoms with E-state index in [1.807, 2.05) is 17.5 Å². The van der Waals surface area contributed by atoms with E-state index >= 15 is 0 Å². The lowest BCUT2D eigenvalue weighted by Crippen LogP contribution is -2.50. The van der Waals surface area contributed by atoms with Crippen LogP contribution in [-0.2, 0) is 27.9 Å².